The highest BCUT2D eigenvalue weighted by atomic mass is 32.1. The van der Waals surface area contributed by atoms with Crippen LogP contribution in [0.4, 0.5) is 0 Å². The van der Waals surface area contributed by atoms with Gasteiger partial charge in [0.25, 0.3) is 0 Å². The SMILES string of the molecule is CC/C1=C(C2C=CC(c3ccccc3)=CC2)/N=C(/c2ccccc2)C(C)/C(C)=C(\c2cccc3c2oc2c(-c4cccc5c4sc4c(-c6ccccc6)cccc45)cccc23)C1. The van der Waals surface area contributed by atoms with Crippen molar-refractivity contribution in [2.45, 2.75) is 40.0 Å². The largest absolute Gasteiger partial charge is 0.455 e. The van der Waals surface area contributed by atoms with E-state index in [1.807, 2.05) is 11.3 Å². The molecule has 0 saturated carbocycles. The molecule has 2 atom stereocenters. The smallest absolute Gasteiger partial charge is 0.143 e. The standard InChI is InChI=1S/C59H47NOS/c1-4-39-36-53(37(2)38(3)54(43-22-12-7-13-23-43)60-55(39)44-34-32-41(33-35-44)40-18-8-5-9-19-40)49-28-16-26-47-46-25-15-27-48(56(46)61-57(47)49)50-29-17-31-52-51-30-14-24-45(58(51)62-59(50)52)42-20-10-6-11-21-42/h5-34,38,44H,4,35-36H2,1-3H3/b53-37-,55-39-,60-54+. The van der Waals surface area contributed by atoms with E-state index in [9.17, 15) is 0 Å². The Morgan fingerprint density at radius 2 is 1.13 bits per heavy atom. The van der Waals surface area contributed by atoms with Crippen LogP contribution in [0.5, 0.6) is 0 Å². The highest BCUT2D eigenvalue weighted by Crippen LogP contribution is 2.48. The quantitative estimate of drug-likeness (QED) is 0.157. The Morgan fingerprint density at radius 1 is 0.581 bits per heavy atom. The third kappa shape index (κ3) is 6.51. The summed E-state index contributed by atoms with van der Waals surface area (Å²) in [6, 6.07) is 59.2. The molecule has 1 aliphatic heterocycles. The molecule has 0 N–H and O–H groups in total. The maximum atomic E-state index is 7.28. The van der Waals surface area contributed by atoms with Crippen LogP contribution in [-0.4, -0.2) is 5.71 Å². The molecule has 0 radical (unpaired) electrons. The predicted molar refractivity (Wildman–Crippen MR) is 266 cm³/mol. The molecule has 0 bridgehead atoms. The molecular weight excluding hydrogens is 771 g/mol. The maximum absolute atomic E-state index is 7.28. The second-order valence-corrected chi connectivity index (χ2v) is 17.8. The van der Waals surface area contributed by atoms with Gasteiger partial charge in [0, 0.05) is 65.2 Å². The Morgan fingerprint density at radius 3 is 1.76 bits per heavy atom. The van der Waals surface area contributed by atoms with Crippen LogP contribution in [-0.2, 0) is 0 Å². The lowest BCUT2D eigenvalue weighted by Gasteiger charge is -2.28. The van der Waals surface area contributed by atoms with E-state index in [0.29, 0.717) is 0 Å². The van der Waals surface area contributed by atoms with Crippen LogP contribution in [0.15, 0.2) is 208 Å². The van der Waals surface area contributed by atoms with Crippen LogP contribution >= 0.6 is 11.3 Å². The first-order valence-electron chi connectivity index (χ1n) is 22.0. The van der Waals surface area contributed by atoms with Crippen LogP contribution in [0.1, 0.15) is 56.7 Å². The summed E-state index contributed by atoms with van der Waals surface area (Å²) in [7, 11) is 0. The molecule has 1 aliphatic carbocycles. The summed E-state index contributed by atoms with van der Waals surface area (Å²) in [5, 5.41) is 4.87. The average Bonchev–Trinajstić information content (AvgIpc) is 3.92. The highest BCUT2D eigenvalue weighted by molar-refractivity contribution is 7.26. The van der Waals surface area contributed by atoms with E-state index in [1.165, 1.54) is 81.5 Å². The van der Waals surface area contributed by atoms with Gasteiger partial charge < -0.3 is 4.42 Å². The number of hydrogen-bond acceptors (Lipinski definition) is 3. The molecule has 9 aromatic rings. The van der Waals surface area contributed by atoms with Gasteiger partial charge in [0.2, 0.25) is 0 Å². The van der Waals surface area contributed by atoms with Crippen LogP contribution in [0, 0.1) is 11.8 Å². The Hall–Kier alpha value is -6.81. The Labute approximate surface area is 367 Å². The van der Waals surface area contributed by atoms with Crippen molar-refractivity contribution in [2.24, 2.45) is 16.8 Å². The predicted octanol–water partition coefficient (Wildman–Crippen LogP) is 16.9. The lowest BCUT2D eigenvalue weighted by Crippen LogP contribution is -2.19. The highest BCUT2D eigenvalue weighted by Gasteiger charge is 2.28. The van der Waals surface area contributed by atoms with Gasteiger partial charge in [-0.25, -0.2) is 0 Å². The molecule has 0 saturated heterocycles. The van der Waals surface area contributed by atoms with Crippen molar-refractivity contribution >= 4 is 70.3 Å². The van der Waals surface area contributed by atoms with Gasteiger partial charge in [0.1, 0.15) is 11.2 Å². The molecule has 2 aromatic heterocycles. The lowest BCUT2D eigenvalue weighted by atomic mass is 9.80. The first kappa shape index (κ1) is 38.1. The normalized spacial score (nSPS) is 20.4. The summed E-state index contributed by atoms with van der Waals surface area (Å²) < 4.78 is 9.88. The monoisotopic (exact) mass is 817 g/mol. The second-order valence-electron chi connectivity index (χ2n) is 16.8. The van der Waals surface area contributed by atoms with Crippen molar-refractivity contribution in [2.75, 3.05) is 0 Å². The van der Waals surface area contributed by atoms with Gasteiger partial charge in [-0.1, -0.05) is 201 Å². The van der Waals surface area contributed by atoms with E-state index >= 15 is 0 Å². The van der Waals surface area contributed by atoms with Gasteiger partial charge in [-0.15, -0.1) is 11.3 Å². The topological polar surface area (TPSA) is 25.5 Å². The number of fused-ring (bicyclic) bond motifs is 6. The van der Waals surface area contributed by atoms with Crippen molar-refractivity contribution in [1.82, 2.24) is 0 Å². The van der Waals surface area contributed by atoms with Gasteiger partial charge in [-0.2, -0.15) is 0 Å². The molecule has 62 heavy (non-hydrogen) atoms. The van der Waals surface area contributed by atoms with Crippen molar-refractivity contribution in [3.05, 3.63) is 216 Å². The zero-order valence-corrected chi connectivity index (χ0v) is 36.2. The summed E-state index contributed by atoms with van der Waals surface area (Å²) >= 11 is 1.89. The Bertz CT molecular complexity index is 3340. The molecule has 0 spiro atoms. The molecule has 0 fully saturated rings. The summed E-state index contributed by atoms with van der Waals surface area (Å²) in [4.78, 5) is 5.70. The minimum Gasteiger partial charge on any atom is -0.455 e. The number of allylic oxidation sites excluding steroid dienone is 7. The van der Waals surface area contributed by atoms with Gasteiger partial charge >= 0.3 is 0 Å². The third-order valence-corrected chi connectivity index (χ3v) is 14.6. The Kier molecular flexibility index (Phi) is 9.78. The second kappa shape index (κ2) is 15.9. The molecule has 0 amide bonds. The first-order valence-corrected chi connectivity index (χ1v) is 22.8. The van der Waals surface area contributed by atoms with E-state index in [-0.39, 0.29) is 11.8 Å². The molecule has 3 heteroatoms. The molecule has 3 heterocycles. The van der Waals surface area contributed by atoms with E-state index in [4.69, 9.17) is 9.41 Å². The molecular formula is C59H47NOS. The fourth-order valence-corrected chi connectivity index (χ4v) is 11.3. The third-order valence-electron chi connectivity index (χ3n) is 13.3. The summed E-state index contributed by atoms with van der Waals surface area (Å²) in [6.07, 6.45) is 9.75. The minimum atomic E-state index is 0.0883. The number of hydrogen-bond donors (Lipinski definition) is 0. The average molecular weight is 818 g/mol. The zero-order valence-electron chi connectivity index (χ0n) is 35.4. The molecule has 7 aromatic carbocycles. The van der Waals surface area contributed by atoms with E-state index in [1.54, 1.807) is 0 Å². The number of nitrogens with zero attached hydrogens (tertiary/aromatic N) is 1. The van der Waals surface area contributed by atoms with E-state index in [2.05, 4.69) is 203 Å². The molecule has 2 aliphatic rings. The number of benzene rings is 7. The van der Waals surface area contributed by atoms with Crippen molar-refractivity contribution in [3.8, 4) is 22.3 Å². The molecule has 300 valence electrons. The van der Waals surface area contributed by atoms with Crippen LogP contribution in [0.3, 0.4) is 0 Å². The maximum Gasteiger partial charge on any atom is 0.143 e. The number of rotatable bonds is 7. The molecule has 2 nitrogen and oxygen atoms in total. The van der Waals surface area contributed by atoms with Crippen molar-refractivity contribution in [3.63, 3.8) is 0 Å². The summed E-state index contributed by atoms with van der Waals surface area (Å²) in [5.41, 5.74) is 18.0. The zero-order chi connectivity index (χ0) is 41.7. The van der Waals surface area contributed by atoms with Gasteiger partial charge in [-0.3, -0.25) is 4.99 Å². The van der Waals surface area contributed by atoms with E-state index in [0.717, 1.165) is 52.5 Å². The number of para-hydroxylation sites is 2. The van der Waals surface area contributed by atoms with Crippen molar-refractivity contribution in [1.29, 1.82) is 0 Å². The summed E-state index contributed by atoms with van der Waals surface area (Å²) in [5.74, 6) is 0.276. The first-order chi connectivity index (χ1) is 30.6. The van der Waals surface area contributed by atoms with Crippen LogP contribution in [0.2, 0.25) is 0 Å². The fourth-order valence-electron chi connectivity index (χ4n) is 9.91. The number of thiophene rings is 1. The van der Waals surface area contributed by atoms with E-state index < -0.39 is 0 Å². The lowest BCUT2D eigenvalue weighted by molar-refractivity contribution is 0.668. The van der Waals surface area contributed by atoms with Gasteiger partial charge in [0.05, 0.1) is 5.71 Å². The van der Waals surface area contributed by atoms with Gasteiger partial charge in [0.15, 0.2) is 0 Å². The number of furan rings is 1. The summed E-state index contributed by atoms with van der Waals surface area (Å²) in [6.45, 7) is 6.96. The minimum absolute atomic E-state index is 0.0883. The molecule has 2 unspecified atom stereocenters. The molecule has 11 rings (SSSR count). The van der Waals surface area contributed by atoms with Crippen LogP contribution < -0.4 is 0 Å². The fraction of sp³-hybridized carbons (Fsp3) is 0.136. The van der Waals surface area contributed by atoms with Crippen molar-refractivity contribution < 1.29 is 4.42 Å². The Balaban J connectivity index is 1.07. The number of aliphatic imine (C=N–C) groups is 1. The van der Waals surface area contributed by atoms with Gasteiger partial charge in [-0.05, 0) is 65.2 Å². The van der Waals surface area contributed by atoms with Crippen LogP contribution in [0.25, 0.3) is 75.5 Å².